The van der Waals surface area contributed by atoms with Crippen molar-refractivity contribution in [3.63, 3.8) is 0 Å². The lowest BCUT2D eigenvalue weighted by molar-refractivity contribution is -0.141. The molecule has 4 atom stereocenters. The summed E-state index contributed by atoms with van der Waals surface area (Å²) in [5.41, 5.74) is 5.08. The highest BCUT2D eigenvalue weighted by Crippen LogP contribution is 2.26. The van der Waals surface area contributed by atoms with E-state index in [0.717, 1.165) is 29.7 Å². The number of hydrogen-bond acceptors (Lipinski definition) is 6. The third kappa shape index (κ3) is 8.55. The van der Waals surface area contributed by atoms with Gasteiger partial charge in [0.1, 0.15) is 12.0 Å². The minimum Gasteiger partial charge on any atom is -0.494 e. The Balaban J connectivity index is 1.86. The van der Waals surface area contributed by atoms with Crippen LogP contribution in [0.15, 0.2) is 48.5 Å². The molecule has 2 amide bonds. The van der Waals surface area contributed by atoms with E-state index in [9.17, 15) is 19.9 Å². The molecular formula is C29H41N3O5. The van der Waals surface area contributed by atoms with Crippen LogP contribution in [-0.4, -0.2) is 48.1 Å². The van der Waals surface area contributed by atoms with E-state index in [4.69, 9.17) is 4.74 Å². The molecule has 0 saturated carbocycles. The van der Waals surface area contributed by atoms with Gasteiger partial charge in [0, 0.05) is 5.92 Å². The lowest BCUT2D eigenvalue weighted by Crippen LogP contribution is -2.53. The molecule has 2 bridgehead atoms. The van der Waals surface area contributed by atoms with E-state index in [0.29, 0.717) is 45.1 Å². The normalized spacial score (nSPS) is 21.7. The first kappa shape index (κ1) is 28.6. The maximum Gasteiger partial charge on any atom is 0.247 e. The molecule has 0 aliphatic carbocycles. The fourth-order valence-corrected chi connectivity index (χ4v) is 4.96. The molecule has 2 unspecified atom stereocenters. The van der Waals surface area contributed by atoms with Crippen LogP contribution < -0.4 is 20.9 Å². The Morgan fingerprint density at radius 3 is 2.38 bits per heavy atom. The highest BCUT2D eigenvalue weighted by atomic mass is 16.5. The number of aliphatic hydroxyl groups is 1. The van der Waals surface area contributed by atoms with Crippen molar-refractivity contribution in [1.29, 1.82) is 0 Å². The van der Waals surface area contributed by atoms with Gasteiger partial charge in [-0.05, 0) is 80.8 Å². The van der Waals surface area contributed by atoms with Crippen LogP contribution in [0.5, 0.6) is 5.75 Å². The molecule has 2 aromatic carbocycles. The van der Waals surface area contributed by atoms with Crippen molar-refractivity contribution in [3.05, 3.63) is 65.2 Å². The minimum absolute atomic E-state index is 0.307. The minimum atomic E-state index is -0.979. The van der Waals surface area contributed by atoms with Crippen molar-refractivity contribution in [2.45, 2.75) is 70.6 Å². The van der Waals surface area contributed by atoms with Crippen LogP contribution in [0.3, 0.4) is 0 Å². The van der Waals surface area contributed by atoms with E-state index in [1.807, 2.05) is 24.3 Å². The number of benzene rings is 2. The van der Waals surface area contributed by atoms with Crippen molar-refractivity contribution in [1.82, 2.24) is 16.1 Å². The average molecular weight is 512 g/mol. The molecule has 0 fully saturated rings. The molecule has 0 spiro atoms. The maximum atomic E-state index is 13.7. The van der Waals surface area contributed by atoms with Crippen LogP contribution in [0.4, 0.5) is 0 Å². The van der Waals surface area contributed by atoms with E-state index >= 15 is 0 Å². The fourth-order valence-electron chi connectivity index (χ4n) is 4.96. The zero-order valence-corrected chi connectivity index (χ0v) is 21.9. The van der Waals surface area contributed by atoms with E-state index in [-0.39, 0.29) is 5.91 Å². The number of aryl methyl sites for hydroxylation is 2. The van der Waals surface area contributed by atoms with Gasteiger partial charge in [0.05, 0.1) is 18.6 Å². The number of carbonyl (C=O) groups excluding carboxylic acids is 2. The van der Waals surface area contributed by atoms with Gasteiger partial charge in [-0.3, -0.25) is 20.1 Å². The summed E-state index contributed by atoms with van der Waals surface area (Å²) in [5.74, 6) is -1.52. The molecule has 8 heteroatoms. The summed E-state index contributed by atoms with van der Waals surface area (Å²) in [7, 11) is 1.63. The summed E-state index contributed by atoms with van der Waals surface area (Å²) in [5, 5.41) is 25.9. The molecule has 0 radical (unpaired) electrons. The fraction of sp³-hybridized carbons (Fsp3) is 0.517. The predicted molar refractivity (Wildman–Crippen MR) is 142 cm³/mol. The highest BCUT2D eigenvalue weighted by molar-refractivity contribution is 5.87. The number of hydrogen-bond donors (Lipinski definition) is 5. The van der Waals surface area contributed by atoms with Gasteiger partial charge in [-0.2, -0.15) is 0 Å². The number of likely N-dealkylation sites (N-methyl/N-ethyl adjacent to an activating group) is 1. The number of rotatable bonds is 8. The summed E-state index contributed by atoms with van der Waals surface area (Å²) < 4.78 is 5.84. The molecule has 2 aromatic rings. The van der Waals surface area contributed by atoms with E-state index in [1.54, 1.807) is 12.5 Å². The smallest absolute Gasteiger partial charge is 0.247 e. The van der Waals surface area contributed by atoms with Gasteiger partial charge in [0.2, 0.25) is 11.8 Å². The van der Waals surface area contributed by atoms with Crippen molar-refractivity contribution >= 4 is 11.8 Å². The van der Waals surface area contributed by atoms with Gasteiger partial charge in [-0.1, -0.05) is 49.7 Å². The molecule has 0 saturated heterocycles. The van der Waals surface area contributed by atoms with Crippen LogP contribution in [0.25, 0.3) is 0 Å². The van der Waals surface area contributed by atoms with Gasteiger partial charge in [0.15, 0.2) is 0 Å². The van der Waals surface area contributed by atoms with Crippen LogP contribution in [0.2, 0.25) is 0 Å². The molecule has 0 aromatic heterocycles. The summed E-state index contributed by atoms with van der Waals surface area (Å²) in [6.45, 7) is 2.64. The summed E-state index contributed by atoms with van der Waals surface area (Å²) in [6, 6.07) is 15.4. The molecule has 5 N–H and O–H groups in total. The first-order valence-corrected chi connectivity index (χ1v) is 13.3. The first-order valence-electron chi connectivity index (χ1n) is 13.3. The third-order valence-corrected chi connectivity index (χ3v) is 7.14. The van der Waals surface area contributed by atoms with Crippen molar-refractivity contribution < 1.29 is 24.6 Å². The summed E-state index contributed by atoms with van der Waals surface area (Å²) in [6.07, 6.45) is 4.37. The van der Waals surface area contributed by atoms with E-state index < -0.39 is 30.0 Å². The quantitative estimate of drug-likeness (QED) is 0.211. The molecule has 4 rings (SSSR count). The van der Waals surface area contributed by atoms with Crippen molar-refractivity contribution in [2.24, 2.45) is 11.8 Å². The lowest BCUT2D eigenvalue weighted by atomic mass is 9.82. The van der Waals surface area contributed by atoms with E-state index in [2.05, 4.69) is 41.8 Å². The first-order chi connectivity index (χ1) is 17.9. The number of aliphatic hydroxyl groups excluding tert-OH is 1. The molecule has 8 nitrogen and oxygen atoms in total. The second-order valence-electron chi connectivity index (χ2n) is 9.84. The van der Waals surface area contributed by atoms with Gasteiger partial charge >= 0.3 is 0 Å². The monoisotopic (exact) mass is 511 g/mol. The SMILES string of the molecule is CCCc1ccc(CCC2C(=O)N[C@H](C(O)NC)Cc3ccc(cc3)OCCCC[C@@H]2C(=O)NO)cc1. The Labute approximate surface area is 219 Å². The Bertz CT molecular complexity index is 980. The molecular weight excluding hydrogens is 470 g/mol. The highest BCUT2D eigenvalue weighted by Gasteiger charge is 2.35. The Morgan fingerprint density at radius 1 is 1.08 bits per heavy atom. The van der Waals surface area contributed by atoms with Gasteiger partial charge < -0.3 is 15.2 Å². The van der Waals surface area contributed by atoms with Gasteiger partial charge in [-0.25, -0.2) is 5.48 Å². The number of fused-ring (bicyclic) bond motifs is 12. The summed E-state index contributed by atoms with van der Waals surface area (Å²) >= 11 is 0. The van der Waals surface area contributed by atoms with Crippen molar-refractivity contribution in [3.8, 4) is 5.75 Å². The Hall–Kier alpha value is -2.94. The van der Waals surface area contributed by atoms with E-state index in [1.165, 1.54) is 5.56 Å². The molecule has 37 heavy (non-hydrogen) atoms. The average Bonchev–Trinajstić information content (AvgIpc) is 2.92. The zero-order chi connectivity index (χ0) is 26.6. The Kier molecular flexibility index (Phi) is 11.4. The summed E-state index contributed by atoms with van der Waals surface area (Å²) in [4.78, 5) is 26.5. The Morgan fingerprint density at radius 2 is 1.76 bits per heavy atom. The molecule has 2 aliphatic rings. The van der Waals surface area contributed by atoms with Crippen LogP contribution in [0.1, 0.15) is 55.7 Å². The number of hydroxylamine groups is 1. The number of carbonyl (C=O) groups is 2. The number of ether oxygens (including phenoxy) is 1. The predicted octanol–water partition coefficient (Wildman–Crippen LogP) is 3.14. The largest absolute Gasteiger partial charge is 0.494 e. The zero-order valence-electron chi connectivity index (χ0n) is 21.9. The molecule has 2 heterocycles. The topological polar surface area (TPSA) is 120 Å². The maximum absolute atomic E-state index is 13.7. The number of nitrogens with one attached hydrogen (secondary N) is 3. The van der Waals surface area contributed by atoms with Crippen LogP contribution >= 0.6 is 0 Å². The van der Waals surface area contributed by atoms with Crippen LogP contribution in [-0.2, 0) is 28.9 Å². The molecule has 2 aliphatic heterocycles. The van der Waals surface area contributed by atoms with Gasteiger partial charge in [-0.15, -0.1) is 0 Å². The second-order valence-corrected chi connectivity index (χ2v) is 9.84. The van der Waals surface area contributed by atoms with Crippen LogP contribution in [0, 0.1) is 11.8 Å². The number of amides is 2. The molecule has 202 valence electrons. The standard InChI is InChI=1S/C29H41N3O5/c1-3-6-20-8-10-21(11-9-20)14-17-25-24(28(34)32-36)7-4-5-18-37-23-15-12-22(13-16-23)19-26(29(35)30-2)31-27(25)33/h8-13,15-16,24-26,29-30,35-36H,3-7,14,17-19H2,1-2H3,(H,31,33)(H,32,34)/t24-,25?,26-,29?/m0/s1. The third-order valence-electron chi connectivity index (χ3n) is 7.14. The van der Waals surface area contributed by atoms with Gasteiger partial charge in [0.25, 0.3) is 0 Å². The second kappa shape index (κ2) is 14.7. The lowest BCUT2D eigenvalue weighted by Gasteiger charge is -2.29. The van der Waals surface area contributed by atoms with Crippen molar-refractivity contribution in [2.75, 3.05) is 13.7 Å².